The molecule has 2 saturated carbocycles. The number of halogens is 2. The molecule has 8 aromatic rings. The number of amides is 2. The molecule has 4 aromatic heterocycles. The van der Waals surface area contributed by atoms with Gasteiger partial charge in [-0.3, -0.25) is 19.6 Å². The molecule has 0 spiro atoms. The molecule has 0 bridgehead atoms. The zero-order chi connectivity index (χ0) is 50.0. The topological polar surface area (TPSA) is 90.5 Å². The monoisotopic (exact) mass is 1000 g/mol. The molecule has 12 heteroatoms. The molecule has 10 rings (SSSR count). The predicted octanol–water partition coefficient (Wildman–Crippen LogP) is 13.4. The van der Waals surface area contributed by atoms with Crippen LogP contribution in [0.25, 0.3) is 42.4 Å². The highest BCUT2D eigenvalue weighted by molar-refractivity contribution is 7.21. The molecule has 8 nitrogen and oxygen atoms in total. The number of pyridine rings is 2. The lowest BCUT2D eigenvalue weighted by Crippen LogP contribution is -2.44. The number of benzene rings is 4. The zero-order valence-electron chi connectivity index (χ0n) is 41.7. The summed E-state index contributed by atoms with van der Waals surface area (Å²) in [5.74, 6) is -0.655. The van der Waals surface area contributed by atoms with Crippen LogP contribution in [0.15, 0.2) is 116 Å². The summed E-state index contributed by atoms with van der Waals surface area (Å²) >= 11 is 2.85. The van der Waals surface area contributed by atoms with Gasteiger partial charge in [0.05, 0.1) is 20.7 Å². The fraction of sp³-hybridized carbons (Fsp3) is 0.333. The first-order valence-corrected chi connectivity index (χ1v) is 27.0. The molecule has 2 amide bonds. The molecule has 0 radical (unpaired) electrons. The smallest absolute Gasteiger partial charge is 0.264 e. The molecule has 0 saturated heterocycles. The third-order valence-electron chi connectivity index (χ3n) is 15.5. The number of carbonyl (C=O) groups is 2. The lowest BCUT2D eigenvalue weighted by molar-refractivity contribution is 0.0599. The Morgan fingerprint density at radius 2 is 1.15 bits per heavy atom. The molecule has 370 valence electrons. The molecule has 2 N–H and O–H groups in total. The Labute approximate surface area is 429 Å². The van der Waals surface area contributed by atoms with Crippen molar-refractivity contribution < 1.29 is 18.4 Å². The predicted molar refractivity (Wildman–Crippen MR) is 290 cm³/mol. The van der Waals surface area contributed by atoms with Crippen molar-refractivity contribution >= 4 is 54.7 Å². The third kappa shape index (κ3) is 10.1. The minimum absolute atomic E-state index is 0.0336. The van der Waals surface area contributed by atoms with Gasteiger partial charge in [0.1, 0.15) is 11.6 Å². The highest BCUT2D eigenvalue weighted by Gasteiger charge is 2.33. The molecular formula is C60H62F2N6O2S2. The molecular weight excluding hydrogens is 939 g/mol. The molecule has 2 fully saturated rings. The summed E-state index contributed by atoms with van der Waals surface area (Å²) in [6.07, 6.45) is 12.9. The van der Waals surface area contributed by atoms with Crippen LogP contribution in [0.1, 0.15) is 110 Å². The Morgan fingerprint density at radius 3 is 1.75 bits per heavy atom. The first kappa shape index (κ1) is 49.4. The van der Waals surface area contributed by atoms with Gasteiger partial charge in [0.15, 0.2) is 0 Å². The van der Waals surface area contributed by atoms with Gasteiger partial charge >= 0.3 is 0 Å². The van der Waals surface area contributed by atoms with Crippen molar-refractivity contribution in [2.45, 2.75) is 116 Å². The number of nitrogens with one attached hydrogen (secondary N) is 2. The second-order valence-corrected chi connectivity index (χ2v) is 21.9. The molecule has 4 aromatic carbocycles. The quantitative estimate of drug-likeness (QED) is 0.113. The van der Waals surface area contributed by atoms with Gasteiger partial charge in [0, 0.05) is 72.0 Å². The van der Waals surface area contributed by atoms with Crippen LogP contribution < -0.4 is 10.6 Å². The van der Waals surface area contributed by atoms with Crippen LogP contribution in [-0.4, -0.2) is 69.8 Å². The average molecular weight is 1000 g/mol. The van der Waals surface area contributed by atoms with Gasteiger partial charge in [-0.2, -0.15) is 0 Å². The van der Waals surface area contributed by atoms with E-state index in [1.54, 1.807) is 29.7 Å². The molecule has 2 aliphatic carbocycles. The number of nitrogens with zero attached hydrogens (tertiary/aromatic N) is 4. The second kappa shape index (κ2) is 21.5. The highest BCUT2D eigenvalue weighted by atomic mass is 32.1. The van der Waals surface area contributed by atoms with Crippen molar-refractivity contribution in [3.63, 3.8) is 0 Å². The van der Waals surface area contributed by atoms with Gasteiger partial charge < -0.3 is 20.4 Å². The molecule has 0 aliphatic heterocycles. The van der Waals surface area contributed by atoms with Crippen molar-refractivity contribution in [2.24, 2.45) is 0 Å². The maximum Gasteiger partial charge on any atom is 0.264 e. The van der Waals surface area contributed by atoms with E-state index in [9.17, 15) is 13.6 Å². The van der Waals surface area contributed by atoms with Crippen molar-refractivity contribution in [3.05, 3.63) is 176 Å². The van der Waals surface area contributed by atoms with Gasteiger partial charge in [0.25, 0.3) is 11.8 Å². The summed E-state index contributed by atoms with van der Waals surface area (Å²) in [7, 11) is 4.02. The number of carbonyl (C=O) groups excluding carboxylic acids is 2. The SMILES string of the molecule is CNC1CCC(N(Cc2cccc(-c3ccnc(Cc4ccc5c(C)c(C(=O)N(Cc6cccc(-c7ccncc7F)c6)C6CCC(NC)CC6)sc5c4C)c3)c2)C(=O)c2sc3c(F)cccc3c2C)CC1. The Bertz CT molecular complexity index is 3280. The second-order valence-electron chi connectivity index (χ2n) is 19.9. The summed E-state index contributed by atoms with van der Waals surface area (Å²) < 4.78 is 31.5. The summed E-state index contributed by atoms with van der Waals surface area (Å²) in [6, 6.07) is 32.7. The molecule has 0 atom stereocenters. The van der Waals surface area contributed by atoms with Crippen LogP contribution >= 0.6 is 22.7 Å². The number of rotatable bonds is 14. The van der Waals surface area contributed by atoms with Crippen LogP contribution in [0.2, 0.25) is 0 Å². The van der Waals surface area contributed by atoms with E-state index in [4.69, 9.17) is 4.98 Å². The van der Waals surface area contributed by atoms with E-state index in [0.29, 0.717) is 46.7 Å². The molecule has 4 heterocycles. The van der Waals surface area contributed by atoms with E-state index in [2.05, 4.69) is 76.8 Å². The molecule has 0 unspecified atom stereocenters. The summed E-state index contributed by atoms with van der Waals surface area (Å²) in [4.78, 5) is 43.9. The minimum atomic E-state index is -0.372. The van der Waals surface area contributed by atoms with Crippen molar-refractivity contribution in [2.75, 3.05) is 14.1 Å². The standard InChI is InChI=1S/C60H62F2N6O2S2/c1-36-41(15-24-51-38(3)56(71-55(36)51)59(69)68(49-22-18-46(64-5)19-23-49)35-40-10-7-12-44(30-40)52-26-27-65-33-54(52)62)31-47-32-43(25-28-66-47)42-11-6-9-39(29-42)34-67(48-20-16-45(63-4)17-21-48)60(70)57-37(2)50-13-8-14-53(61)58(50)72-57/h6-15,24-30,32-33,45-46,48-49,63-64H,16-23,31,34-35H2,1-5H3. The Balaban J connectivity index is 0.898. The molecule has 72 heavy (non-hydrogen) atoms. The van der Waals surface area contributed by atoms with E-state index >= 15 is 4.79 Å². The zero-order valence-corrected chi connectivity index (χ0v) is 43.4. The number of fused-ring (bicyclic) bond motifs is 2. The maximum atomic E-state index is 15.0. The summed E-state index contributed by atoms with van der Waals surface area (Å²) in [5.41, 5.74) is 10.4. The van der Waals surface area contributed by atoms with Crippen molar-refractivity contribution in [1.82, 2.24) is 30.4 Å². The number of hydrogen-bond donors (Lipinski definition) is 2. The van der Waals surface area contributed by atoms with E-state index in [1.165, 1.54) is 23.6 Å². The first-order valence-electron chi connectivity index (χ1n) is 25.4. The maximum absolute atomic E-state index is 15.0. The number of hydrogen-bond acceptors (Lipinski definition) is 8. The van der Waals surface area contributed by atoms with Gasteiger partial charge in [-0.1, -0.05) is 60.7 Å². The van der Waals surface area contributed by atoms with Gasteiger partial charge in [-0.25, -0.2) is 8.78 Å². The summed E-state index contributed by atoms with van der Waals surface area (Å²) in [6.45, 7) is 7.05. The first-order chi connectivity index (χ1) is 35.0. The fourth-order valence-electron chi connectivity index (χ4n) is 11.3. The highest BCUT2D eigenvalue weighted by Crippen LogP contribution is 2.39. The Kier molecular flexibility index (Phi) is 14.8. The van der Waals surface area contributed by atoms with Gasteiger partial charge in [0.2, 0.25) is 0 Å². The third-order valence-corrected chi connectivity index (χ3v) is 18.3. The average Bonchev–Trinajstić information content (AvgIpc) is 3.94. The Morgan fingerprint density at radius 1 is 0.597 bits per heavy atom. The van der Waals surface area contributed by atoms with Gasteiger partial charge in [-0.15, -0.1) is 22.7 Å². The lowest BCUT2D eigenvalue weighted by atomic mass is 9.89. The largest absolute Gasteiger partial charge is 0.331 e. The normalized spacial score (nSPS) is 18.2. The Hall–Kier alpha value is -6.18. The van der Waals surface area contributed by atoms with Crippen LogP contribution in [0, 0.1) is 32.4 Å². The van der Waals surface area contributed by atoms with E-state index in [0.717, 1.165) is 127 Å². The van der Waals surface area contributed by atoms with Crippen molar-refractivity contribution in [1.29, 1.82) is 0 Å². The van der Waals surface area contributed by atoms with Gasteiger partial charge in [-0.05, 0) is 183 Å². The van der Waals surface area contributed by atoms with E-state index in [1.807, 2.05) is 68.5 Å². The molecule has 2 aliphatic rings. The van der Waals surface area contributed by atoms with E-state index < -0.39 is 0 Å². The lowest BCUT2D eigenvalue weighted by Gasteiger charge is -2.37. The number of thiophene rings is 2. The van der Waals surface area contributed by atoms with Crippen LogP contribution in [0.4, 0.5) is 8.78 Å². The van der Waals surface area contributed by atoms with Crippen LogP contribution in [0.3, 0.4) is 0 Å². The van der Waals surface area contributed by atoms with E-state index in [-0.39, 0.29) is 35.5 Å². The van der Waals surface area contributed by atoms with Crippen molar-refractivity contribution in [3.8, 4) is 22.3 Å². The number of aromatic nitrogens is 2. The van der Waals surface area contributed by atoms with Crippen LogP contribution in [-0.2, 0) is 19.5 Å². The minimum Gasteiger partial charge on any atom is -0.331 e. The summed E-state index contributed by atoms with van der Waals surface area (Å²) in [5, 5.41) is 8.76. The number of aryl methyl sites for hydroxylation is 3. The fourth-order valence-corrected chi connectivity index (χ4v) is 13.7. The van der Waals surface area contributed by atoms with Crippen LogP contribution in [0.5, 0.6) is 0 Å².